The van der Waals surface area contributed by atoms with E-state index in [9.17, 15) is 18.4 Å². The zero-order valence-electron chi connectivity index (χ0n) is 17.8. The van der Waals surface area contributed by atoms with E-state index < -0.39 is 23.2 Å². The fourth-order valence-corrected chi connectivity index (χ4v) is 3.42. The number of carbonyl (C=O) groups excluding carboxylic acids is 1. The van der Waals surface area contributed by atoms with Crippen molar-refractivity contribution in [2.75, 3.05) is 7.11 Å². The molecule has 0 amide bonds. The molecule has 0 radical (unpaired) electrons. The second kappa shape index (κ2) is 11.2. The number of nitrogens with zero attached hydrogens (tertiary/aromatic N) is 1. The minimum Gasteiger partial charge on any atom is -0.487 e. The summed E-state index contributed by atoms with van der Waals surface area (Å²) in [5.74, 6) is -1.83. The number of rotatable bonds is 5. The summed E-state index contributed by atoms with van der Waals surface area (Å²) < 4.78 is 38.5. The molecule has 9 heteroatoms. The Morgan fingerprint density at radius 3 is 2.44 bits per heavy atom. The standard InChI is InChI=1S/C21H15BrClF2NO4.C2H6/c1-11-7-18(30-10-13-3-5-14(24)9-16(13)25)19(22)20(27)26(11)17-8-12(21(28)29-2)4-6-15(17)23;1-2/h3-9H,10H2,1-2H3;1-2H3. The van der Waals surface area contributed by atoms with Crippen LogP contribution in [0.25, 0.3) is 5.69 Å². The summed E-state index contributed by atoms with van der Waals surface area (Å²) in [6.07, 6.45) is 0. The van der Waals surface area contributed by atoms with Crippen LogP contribution in [0.1, 0.15) is 35.5 Å². The number of benzene rings is 2. The predicted molar refractivity (Wildman–Crippen MR) is 123 cm³/mol. The molecule has 1 heterocycles. The molecule has 0 saturated heterocycles. The van der Waals surface area contributed by atoms with Crippen LogP contribution in [0.5, 0.6) is 5.75 Å². The van der Waals surface area contributed by atoms with Crippen LogP contribution in [-0.2, 0) is 11.3 Å². The van der Waals surface area contributed by atoms with E-state index in [-0.39, 0.29) is 33.0 Å². The molecule has 170 valence electrons. The maximum absolute atomic E-state index is 13.8. The molecule has 3 aromatic rings. The average Bonchev–Trinajstić information content (AvgIpc) is 2.78. The average molecular weight is 529 g/mol. The molecule has 3 rings (SSSR count). The van der Waals surface area contributed by atoms with Crippen LogP contribution in [0.3, 0.4) is 0 Å². The Morgan fingerprint density at radius 2 is 1.81 bits per heavy atom. The van der Waals surface area contributed by atoms with Crippen molar-refractivity contribution in [3.63, 3.8) is 0 Å². The van der Waals surface area contributed by atoms with Crippen LogP contribution in [-0.4, -0.2) is 17.6 Å². The van der Waals surface area contributed by atoms with Crippen LogP contribution >= 0.6 is 27.5 Å². The predicted octanol–water partition coefficient (Wildman–Crippen LogP) is 6.23. The van der Waals surface area contributed by atoms with E-state index in [0.717, 1.165) is 12.1 Å². The van der Waals surface area contributed by atoms with Gasteiger partial charge in [0.2, 0.25) is 0 Å². The zero-order valence-corrected chi connectivity index (χ0v) is 20.2. The third-order valence-corrected chi connectivity index (χ3v) is 5.36. The Labute approximate surface area is 197 Å². The van der Waals surface area contributed by atoms with Crippen molar-refractivity contribution in [3.8, 4) is 11.4 Å². The van der Waals surface area contributed by atoms with Gasteiger partial charge in [-0.15, -0.1) is 0 Å². The van der Waals surface area contributed by atoms with E-state index in [0.29, 0.717) is 11.4 Å². The fourth-order valence-electron chi connectivity index (χ4n) is 2.81. The van der Waals surface area contributed by atoms with Crippen molar-refractivity contribution in [2.45, 2.75) is 27.4 Å². The lowest BCUT2D eigenvalue weighted by atomic mass is 10.2. The highest BCUT2D eigenvalue weighted by molar-refractivity contribution is 9.10. The van der Waals surface area contributed by atoms with E-state index in [1.165, 1.54) is 35.9 Å². The molecule has 0 fully saturated rings. The molecule has 0 saturated carbocycles. The van der Waals surface area contributed by atoms with Gasteiger partial charge in [-0.25, -0.2) is 13.6 Å². The number of hydrogen-bond donors (Lipinski definition) is 0. The Morgan fingerprint density at radius 1 is 1.12 bits per heavy atom. The number of hydrogen-bond acceptors (Lipinski definition) is 4. The third kappa shape index (κ3) is 5.55. The lowest BCUT2D eigenvalue weighted by Crippen LogP contribution is -2.22. The van der Waals surface area contributed by atoms with Crippen LogP contribution in [0.15, 0.2) is 51.7 Å². The molecule has 0 bridgehead atoms. The summed E-state index contributed by atoms with van der Waals surface area (Å²) in [5.41, 5.74) is 0.625. The third-order valence-electron chi connectivity index (χ3n) is 4.31. The SMILES string of the molecule is CC.COC(=O)c1ccc(Cl)c(-n2c(C)cc(OCc3ccc(F)cc3F)c(Br)c2=O)c1. The van der Waals surface area contributed by atoms with Crippen molar-refractivity contribution < 1.29 is 23.0 Å². The van der Waals surface area contributed by atoms with Gasteiger partial charge in [0, 0.05) is 23.4 Å². The van der Waals surface area contributed by atoms with E-state index in [1.807, 2.05) is 13.8 Å². The van der Waals surface area contributed by atoms with E-state index in [1.54, 1.807) is 13.0 Å². The van der Waals surface area contributed by atoms with Gasteiger partial charge >= 0.3 is 5.97 Å². The fraction of sp³-hybridized carbons (Fsp3) is 0.217. The van der Waals surface area contributed by atoms with Gasteiger partial charge in [0.05, 0.1) is 23.4 Å². The minimum atomic E-state index is -0.748. The van der Waals surface area contributed by atoms with Gasteiger partial charge in [0.15, 0.2) is 0 Å². The topological polar surface area (TPSA) is 57.5 Å². The van der Waals surface area contributed by atoms with Crippen LogP contribution < -0.4 is 10.3 Å². The molecule has 2 aromatic carbocycles. The van der Waals surface area contributed by atoms with Gasteiger partial charge < -0.3 is 9.47 Å². The molecule has 0 aliphatic rings. The maximum atomic E-state index is 13.8. The van der Waals surface area contributed by atoms with Gasteiger partial charge in [0.25, 0.3) is 5.56 Å². The van der Waals surface area contributed by atoms with Crippen molar-refractivity contribution in [1.29, 1.82) is 0 Å². The summed E-state index contributed by atoms with van der Waals surface area (Å²) in [6.45, 7) is 5.45. The van der Waals surface area contributed by atoms with E-state index >= 15 is 0 Å². The number of ether oxygens (including phenoxy) is 2. The molecule has 0 aliphatic heterocycles. The first-order chi connectivity index (χ1) is 15.2. The molecule has 5 nitrogen and oxygen atoms in total. The number of esters is 1. The smallest absolute Gasteiger partial charge is 0.337 e. The Balaban J connectivity index is 0.00000176. The van der Waals surface area contributed by atoms with E-state index in [4.69, 9.17) is 21.1 Å². The molecule has 32 heavy (non-hydrogen) atoms. The molecule has 0 atom stereocenters. The first kappa shape index (κ1) is 25.5. The first-order valence-electron chi connectivity index (χ1n) is 9.60. The van der Waals surface area contributed by atoms with Crippen molar-refractivity contribution in [3.05, 3.63) is 90.8 Å². The highest BCUT2D eigenvalue weighted by Gasteiger charge is 2.18. The second-order valence-corrected chi connectivity index (χ2v) is 7.49. The molecule has 0 spiro atoms. The van der Waals surface area contributed by atoms with E-state index in [2.05, 4.69) is 15.9 Å². The summed E-state index contributed by atoms with van der Waals surface area (Å²) in [7, 11) is 1.25. The lowest BCUT2D eigenvalue weighted by Gasteiger charge is -2.16. The van der Waals surface area contributed by atoms with Crippen LogP contribution in [0.4, 0.5) is 8.78 Å². The van der Waals surface area contributed by atoms with Gasteiger partial charge in [-0.05, 0) is 53.2 Å². The van der Waals surface area contributed by atoms with Crippen molar-refractivity contribution in [2.24, 2.45) is 0 Å². The Bertz CT molecular complexity index is 1200. The van der Waals surface area contributed by atoms with Crippen LogP contribution in [0, 0.1) is 18.6 Å². The van der Waals surface area contributed by atoms with Gasteiger partial charge in [-0.3, -0.25) is 9.36 Å². The number of aromatic nitrogens is 1. The van der Waals surface area contributed by atoms with Gasteiger partial charge in [-0.2, -0.15) is 0 Å². The number of aryl methyl sites for hydroxylation is 1. The van der Waals surface area contributed by atoms with Crippen LogP contribution in [0.2, 0.25) is 5.02 Å². The maximum Gasteiger partial charge on any atom is 0.337 e. The molecule has 0 N–H and O–H groups in total. The molecule has 0 unspecified atom stereocenters. The van der Waals surface area contributed by atoms with Gasteiger partial charge in [-0.1, -0.05) is 25.4 Å². The first-order valence-corrected chi connectivity index (χ1v) is 10.8. The second-order valence-electron chi connectivity index (χ2n) is 6.29. The highest BCUT2D eigenvalue weighted by Crippen LogP contribution is 2.28. The number of carbonyl (C=O) groups is 1. The summed E-state index contributed by atoms with van der Waals surface area (Å²) in [5, 5.41) is 0.252. The number of methoxy groups -OCH3 is 1. The van der Waals surface area contributed by atoms with Crippen molar-refractivity contribution >= 4 is 33.5 Å². The van der Waals surface area contributed by atoms with Crippen molar-refractivity contribution in [1.82, 2.24) is 4.57 Å². The molecular formula is C23H21BrClF2NO4. The summed E-state index contributed by atoms with van der Waals surface area (Å²) in [4.78, 5) is 24.8. The molecule has 1 aromatic heterocycles. The zero-order chi connectivity index (χ0) is 24.0. The largest absolute Gasteiger partial charge is 0.487 e. The van der Waals surface area contributed by atoms with Gasteiger partial charge in [0.1, 0.15) is 28.5 Å². The monoisotopic (exact) mass is 527 g/mol. The molecule has 0 aliphatic carbocycles. The highest BCUT2D eigenvalue weighted by atomic mass is 79.9. The molecular weight excluding hydrogens is 508 g/mol. The summed E-state index contributed by atoms with van der Waals surface area (Å²) >= 11 is 9.46. The minimum absolute atomic E-state index is 0.0788. The Hall–Kier alpha value is -2.71. The Kier molecular flexibility index (Phi) is 8.98. The number of halogens is 4. The lowest BCUT2D eigenvalue weighted by molar-refractivity contribution is 0.0600. The number of pyridine rings is 1. The summed E-state index contributed by atoms with van der Waals surface area (Å²) in [6, 6.07) is 9.14. The quantitative estimate of drug-likeness (QED) is 0.368. The normalized spacial score (nSPS) is 10.2.